The topological polar surface area (TPSA) is 30.5 Å². The van der Waals surface area contributed by atoms with Crippen LogP contribution in [0.3, 0.4) is 0 Å². The van der Waals surface area contributed by atoms with Gasteiger partial charge in [-0.3, -0.25) is 0 Å². The molecule has 1 atom stereocenters. The van der Waals surface area contributed by atoms with E-state index < -0.39 is 0 Å². The quantitative estimate of drug-likeness (QED) is 0.709. The average Bonchev–Trinajstić information content (AvgIpc) is 1.91. The summed E-state index contributed by atoms with van der Waals surface area (Å²) in [5.41, 5.74) is 0. The second-order valence-corrected chi connectivity index (χ2v) is 2.62. The lowest BCUT2D eigenvalue weighted by atomic mass is 10.3. The number of hydrogen-bond donors (Lipinski definition) is 1. The molecule has 0 aromatic rings. The molecule has 0 amide bonds. The standard InChI is InChI=1S/C5H10INO2/c6-9-4-5-3-8-2-1-7-5/h5,7H,1-4H2/t5-/m0/s1. The highest BCUT2D eigenvalue weighted by molar-refractivity contribution is 14.1. The summed E-state index contributed by atoms with van der Waals surface area (Å²) in [7, 11) is 0. The first kappa shape index (κ1) is 7.71. The second kappa shape index (κ2) is 4.43. The summed E-state index contributed by atoms with van der Waals surface area (Å²) >= 11 is 1.89. The van der Waals surface area contributed by atoms with Crippen LogP contribution in [0.25, 0.3) is 0 Å². The van der Waals surface area contributed by atoms with Gasteiger partial charge in [-0.1, -0.05) is 0 Å². The van der Waals surface area contributed by atoms with E-state index in [-0.39, 0.29) is 0 Å². The fourth-order valence-corrected chi connectivity index (χ4v) is 1.24. The molecule has 1 heterocycles. The number of ether oxygens (including phenoxy) is 1. The molecule has 3 nitrogen and oxygen atoms in total. The van der Waals surface area contributed by atoms with Gasteiger partial charge in [-0.25, -0.2) is 0 Å². The Kier molecular flexibility index (Phi) is 3.80. The number of rotatable bonds is 2. The zero-order chi connectivity index (χ0) is 6.53. The van der Waals surface area contributed by atoms with Gasteiger partial charge < -0.3 is 13.1 Å². The highest BCUT2D eigenvalue weighted by Crippen LogP contribution is 1.95. The molecule has 1 rings (SSSR count). The molecule has 0 spiro atoms. The van der Waals surface area contributed by atoms with Gasteiger partial charge in [0.05, 0.1) is 25.9 Å². The van der Waals surface area contributed by atoms with Crippen molar-refractivity contribution in [3.8, 4) is 0 Å². The van der Waals surface area contributed by atoms with Gasteiger partial charge in [0.1, 0.15) is 23.0 Å². The lowest BCUT2D eigenvalue weighted by molar-refractivity contribution is 0.0654. The Balaban J connectivity index is 2.08. The Morgan fingerprint density at radius 1 is 1.78 bits per heavy atom. The Bertz CT molecular complexity index is 72.6. The molecular weight excluding hydrogens is 233 g/mol. The van der Waals surface area contributed by atoms with Crippen LogP contribution in [-0.4, -0.2) is 32.4 Å². The lowest BCUT2D eigenvalue weighted by Crippen LogP contribution is -2.43. The minimum absolute atomic E-state index is 0.399. The van der Waals surface area contributed by atoms with Crippen LogP contribution < -0.4 is 5.32 Å². The molecule has 54 valence electrons. The summed E-state index contributed by atoms with van der Waals surface area (Å²) in [5, 5.41) is 3.27. The largest absolute Gasteiger partial charge is 0.378 e. The highest BCUT2D eigenvalue weighted by Gasteiger charge is 2.11. The molecule has 0 aromatic carbocycles. The molecule has 0 saturated carbocycles. The van der Waals surface area contributed by atoms with Crippen LogP contribution in [0.1, 0.15) is 0 Å². The Morgan fingerprint density at radius 2 is 2.67 bits per heavy atom. The van der Waals surface area contributed by atoms with E-state index in [1.807, 2.05) is 23.0 Å². The van der Waals surface area contributed by atoms with E-state index in [1.165, 1.54) is 0 Å². The smallest absolute Gasteiger partial charge is 0.109 e. The number of hydrogen-bond acceptors (Lipinski definition) is 3. The highest BCUT2D eigenvalue weighted by atomic mass is 127. The summed E-state index contributed by atoms with van der Waals surface area (Å²) in [6.45, 7) is 3.30. The van der Waals surface area contributed by atoms with E-state index in [9.17, 15) is 0 Å². The predicted molar refractivity (Wildman–Crippen MR) is 42.6 cm³/mol. The van der Waals surface area contributed by atoms with Crippen molar-refractivity contribution in [2.75, 3.05) is 26.4 Å². The van der Waals surface area contributed by atoms with Crippen LogP contribution >= 0.6 is 23.0 Å². The van der Waals surface area contributed by atoms with Gasteiger partial charge in [-0.05, 0) is 0 Å². The van der Waals surface area contributed by atoms with Crippen molar-refractivity contribution >= 4 is 23.0 Å². The molecule has 0 aromatic heterocycles. The van der Waals surface area contributed by atoms with Crippen LogP contribution in [0.4, 0.5) is 0 Å². The van der Waals surface area contributed by atoms with Crippen LogP contribution in [-0.2, 0) is 7.80 Å². The summed E-state index contributed by atoms with van der Waals surface area (Å²) < 4.78 is 10.1. The van der Waals surface area contributed by atoms with E-state index >= 15 is 0 Å². The fourth-order valence-electron chi connectivity index (χ4n) is 0.803. The Labute approximate surface area is 68.8 Å². The molecule has 1 N–H and O–H groups in total. The van der Waals surface area contributed by atoms with Crippen molar-refractivity contribution in [3.63, 3.8) is 0 Å². The Morgan fingerprint density at radius 3 is 3.22 bits per heavy atom. The van der Waals surface area contributed by atoms with Crippen molar-refractivity contribution in [3.05, 3.63) is 0 Å². The van der Waals surface area contributed by atoms with Crippen molar-refractivity contribution < 1.29 is 7.80 Å². The SMILES string of the molecule is IOC[C@@H]1COCCN1. The molecule has 9 heavy (non-hydrogen) atoms. The van der Waals surface area contributed by atoms with Crippen LogP contribution in [0.15, 0.2) is 0 Å². The monoisotopic (exact) mass is 243 g/mol. The van der Waals surface area contributed by atoms with Crippen LogP contribution in [0.2, 0.25) is 0 Å². The zero-order valence-corrected chi connectivity index (χ0v) is 7.26. The average molecular weight is 243 g/mol. The lowest BCUT2D eigenvalue weighted by Gasteiger charge is -2.22. The molecule has 1 aliphatic heterocycles. The summed E-state index contributed by atoms with van der Waals surface area (Å²) in [4.78, 5) is 0. The van der Waals surface area contributed by atoms with Gasteiger partial charge in [0, 0.05) is 6.54 Å². The first-order valence-electron chi connectivity index (χ1n) is 2.98. The van der Waals surface area contributed by atoms with Gasteiger partial charge in [0.15, 0.2) is 0 Å². The van der Waals surface area contributed by atoms with Crippen molar-refractivity contribution in [2.45, 2.75) is 6.04 Å². The number of morpholine rings is 1. The third-order valence-electron chi connectivity index (χ3n) is 1.26. The predicted octanol–water partition coefficient (Wildman–Crippen LogP) is 0.341. The maximum Gasteiger partial charge on any atom is 0.109 e. The molecule has 0 unspecified atom stereocenters. The van der Waals surface area contributed by atoms with E-state index in [0.717, 1.165) is 26.4 Å². The van der Waals surface area contributed by atoms with E-state index in [1.54, 1.807) is 0 Å². The first-order chi connectivity index (χ1) is 4.43. The second-order valence-electron chi connectivity index (χ2n) is 2.00. The van der Waals surface area contributed by atoms with E-state index in [4.69, 9.17) is 7.80 Å². The molecule has 0 aliphatic carbocycles. The summed E-state index contributed by atoms with van der Waals surface area (Å²) in [5.74, 6) is 0. The van der Waals surface area contributed by atoms with E-state index in [0.29, 0.717) is 6.04 Å². The molecule has 1 saturated heterocycles. The van der Waals surface area contributed by atoms with Gasteiger partial charge in [0.2, 0.25) is 0 Å². The minimum Gasteiger partial charge on any atom is -0.378 e. The Hall–Kier alpha value is 0.610. The minimum atomic E-state index is 0.399. The van der Waals surface area contributed by atoms with Gasteiger partial charge >= 0.3 is 0 Å². The van der Waals surface area contributed by atoms with Crippen LogP contribution in [0, 0.1) is 0 Å². The third kappa shape index (κ3) is 2.79. The number of nitrogens with one attached hydrogen (secondary N) is 1. The normalized spacial score (nSPS) is 28.3. The molecule has 1 aliphatic rings. The molecular formula is C5H10INO2. The molecule has 0 bridgehead atoms. The number of halogens is 1. The summed E-state index contributed by atoms with van der Waals surface area (Å²) in [6.07, 6.45) is 0. The fraction of sp³-hybridized carbons (Fsp3) is 1.00. The molecule has 0 radical (unpaired) electrons. The molecule has 4 heteroatoms. The maximum atomic E-state index is 5.19. The van der Waals surface area contributed by atoms with E-state index in [2.05, 4.69) is 5.32 Å². The van der Waals surface area contributed by atoms with Gasteiger partial charge in [-0.15, -0.1) is 0 Å². The third-order valence-corrected chi connectivity index (χ3v) is 1.62. The maximum absolute atomic E-state index is 5.19. The first-order valence-corrected chi connectivity index (χ1v) is 3.86. The van der Waals surface area contributed by atoms with Crippen molar-refractivity contribution in [1.29, 1.82) is 0 Å². The van der Waals surface area contributed by atoms with Crippen molar-refractivity contribution in [1.82, 2.24) is 5.32 Å². The summed E-state index contributed by atoms with van der Waals surface area (Å²) in [6, 6.07) is 0.399. The van der Waals surface area contributed by atoms with Gasteiger partial charge in [-0.2, -0.15) is 0 Å². The zero-order valence-electron chi connectivity index (χ0n) is 5.10. The van der Waals surface area contributed by atoms with Crippen LogP contribution in [0.5, 0.6) is 0 Å². The van der Waals surface area contributed by atoms with Gasteiger partial charge in [0.25, 0.3) is 0 Å². The van der Waals surface area contributed by atoms with Crippen molar-refractivity contribution in [2.24, 2.45) is 0 Å². The molecule has 1 fully saturated rings.